The van der Waals surface area contributed by atoms with Crippen LogP contribution in [0.25, 0.3) is 132 Å². The normalized spacial score (nSPS) is 13.0. The van der Waals surface area contributed by atoms with Crippen LogP contribution in [0.3, 0.4) is 0 Å². The van der Waals surface area contributed by atoms with Crippen LogP contribution < -0.4 is 0 Å². The van der Waals surface area contributed by atoms with Gasteiger partial charge in [0.15, 0.2) is 0 Å². The summed E-state index contributed by atoms with van der Waals surface area (Å²) in [6.07, 6.45) is 7.60. The molecule has 0 bridgehead atoms. The quantitative estimate of drug-likeness (QED) is 0.164. The lowest BCUT2D eigenvalue weighted by Gasteiger charge is -2.22. The summed E-state index contributed by atoms with van der Waals surface area (Å²) in [4.78, 5) is 29.3. The van der Waals surface area contributed by atoms with Gasteiger partial charge in [-0.1, -0.05) is 123 Å². The van der Waals surface area contributed by atoms with Gasteiger partial charge >= 0.3 is 0 Å². The second-order valence-electron chi connectivity index (χ2n) is 18.3. The Hall–Kier alpha value is -8.74. The van der Waals surface area contributed by atoms with Crippen molar-refractivity contribution in [2.45, 2.75) is 19.3 Å². The maximum absolute atomic E-state index is 5.04. The molecule has 0 amide bonds. The fourth-order valence-electron chi connectivity index (χ4n) is 10.7. The van der Waals surface area contributed by atoms with E-state index in [0.29, 0.717) is 0 Å². The van der Waals surface area contributed by atoms with E-state index in [1.165, 1.54) is 54.6 Å². The van der Waals surface area contributed by atoms with Gasteiger partial charge in [0.2, 0.25) is 0 Å². The summed E-state index contributed by atoms with van der Waals surface area (Å²) >= 11 is 0. The number of fused-ring (bicyclic) bond motifs is 15. The van der Waals surface area contributed by atoms with Gasteiger partial charge in [0.1, 0.15) is 0 Å². The molecule has 1 aliphatic rings. The van der Waals surface area contributed by atoms with E-state index in [1.807, 2.05) is 49.1 Å². The SMILES string of the molecule is CC1(C)c2ccc(-c3ccc(-c4ccc5ccc6cccnc6c5n4)nc3)cc2-c2cc3c4ccccc4c4cc(-c5ccc(-c6ccc7ccc8cccnc8c7n6)nc5)ccc4c3cc21. The Bertz CT molecular complexity index is 4230. The predicted octanol–water partition coefficient (Wildman–Crippen LogP) is 15.1. The highest BCUT2D eigenvalue weighted by atomic mass is 14.8. The lowest BCUT2D eigenvalue weighted by atomic mass is 9.81. The summed E-state index contributed by atoms with van der Waals surface area (Å²) in [5.41, 5.74) is 16.4. The number of benzene rings is 7. The topological polar surface area (TPSA) is 77.3 Å². The summed E-state index contributed by atoms with van der Waals surface area (Å²) in [6.45, 7) is 4.72. The third-order valence-corrected chi connectivity index (χ3v) is 14.2. The Morgan fingerprint density at radius 3 is 1.36 bits per heavy atom. The minimum Gasteiger partial charge on any atom is -0.254 e. The standard InChI is InChI=1S/C61H38N6/c1-61(2)51-22-16-40(42-20-24-54(65-34-42)56-26-18-38-14-12-36-8-6-28-63-58(36)60(38)67-56)30-49(51)50-31-47-44-10-4-3-9-43(44)46-29-39(15-21-45(46)48(47)32-52(50)61)41-19-23-53(64-33-41)55-25-17-37-13-11-35-7-5-27-62-57(35)59(37)66-55/h3-34H,1-2H3. The van der Waals surface area contributed by atoms with Crippen LogP contribution in [-0.2, 0) is 5.41 Å². The fraction of sp³-hybridized carbons (Fsp3) is 0.0492. The molecule has 13 aromatic rings. The molecule has 0 fully saturated rings. The first-order chi connectivity index (χ1) is 32.9. The number of nitrogens with zero attached hydrogens (tertiary/aromatic N) is 6. The minimum absolute atomic E-state index is 0.185. The van der Waals surface area contributed by atoms with Gasteiger partial charge in [-0.15, -0.1) is 0 Å². The van der Waals surface area contributed by atoms with Crippen LogP contribution in [0, 0.1) is 0 Å². The highest BCUT2D eigenvalue weighted by Crippen LogP contribution is 2.52. The zero-order valence-corrected chi connectivity index (χ0v) is 36.7. The lowest BCUT2D eigenvalue weighted by Crippen LogP contribution is -2.14. The molecule has 6 heterocycles. The molecule has 7 aromatic carbocycles. The number of hydrogen-bond acceptors (Lipinski definition) is 6. The van der Waals surface area contributed by atoms with Gasteiger partial charge in [0, 0.05) is 62.9 Å². The first kappa shape index (κ1) is 37.6. The van der Waals surface area contributed by atoms with Crippen LogP contribution >= 0.6 is 0 Å². The maximum atomic E-state index is 5.04. The highest BCUT2D eigenvalue weighted by Gasteiger charge is 2.36. The van der Waals surface area contributed by atoms with E-state index in [-0.39, 0.29) is 5.41 Å². The summed E-state index contributed by atoms with van der Waals surface area (Å²) in [5.74, 6) is 0. The van der Waals surface area contributed by atoms with Crippen LogP contribution in [0.5, 0.6) is 0 Å². The molecule has 0 unspecified atom stereocenters. The van der Waals surface area contributed by atoms with E-state index in [1.54, 1.807) is 0 Å². The molecule has 0 N–H and O–H groups in total. The van der Waals surface area contributed by atoms with Crippen LogP contribution in [0.4, 0.5) is 0 Å². The van der Waals surface area contributed by atoms with Crippen molar-refractivity contribution in [3.63, 3.8) is 0 Å². The Morgan fingerprint density at radius 1 is 0.313 bits per heavy atom. The monoisotopic (exact) mass is 854 g/mol. The molecule has 6 heteroatoms. The van der Waals surface area contributed by atoms with Crippen LogP contribution in [0.2, 0.25) is 0 Å². The Morgan fingerprint density at radius 2 is 0.776 bits per heavy atom. The first-order valence-electron chi connectivity index (χ1n) is 22.7. The number of aromatic nitrogens is 6. The number of hydrogen-bond donors (Lipinski definition) is 0. The smallest absolute Gasteiger partial charge is 0.0972 e. The minimum atomic E-state index is -0.185. The summed E-state index contributed by atoms with van der Waals surface area (Å²) in [7, 11) is 0. The third kappa shape index (κ3) is 5.76. The van der Waals surface area contributed by atoms with E-state index < -0.39 is 0 Å². The summed E-state index contributed by atoms with van der Waals surface area (Å²) in [6, 6.07) is 60.9. The molecule has 0 radical (unpaired) electrons. The van der Waals surface area contributed by atoms with E-state index in [4.69, 9.17) is 19.9 Å². The molecule has 6 nitrogen and oxygen atoms in total. The molecular formula is C61H38N6. The molecule has 0 saturated carbocycles. The second-order valence-corrected chi connectivity index (χ2v) is 18.3. The largest absolute Gasteiger partial charge is 0.254 e. The van der Waals surface area contributed by atoms with Gasteiger partial charge < -0.3 is 0 Å². The average molecular weight is 855 g/mol. The zero-order valence-electron chi connectivity index (χ0n) is 36.7. The van der Waals surface area contributed by atoms with Gasteiger partial charge in [0.25, 0.3) is 0 Å². The van der Waals surface area contributed by atoms with Crippen LogP contribution in [0.15, 0.2) is 195 Å². The number of pyridine rings is 6. The molecule has 14 rings (SSSR count). The van der Waals surface area contributed by atoms with E-state index in [0.717, 1.165) is 88.6 Å². The first-order valence-corrected chi connectivity index (χ1v) is 22.7. The van der Waals surface area contributed by atoms with Crippen molar-refractivity contribution in [1.29, 1.82) is 0 Å². The second kappa shape index (κ2) is 14.1. The van der Waals surface area contributed by atoms with E-state index in [9.17, 15) is 0 Å². The molecule has 0 atom stereocenters. The molecule has 312 valence electrons. The van der Waals surface area contributed by atoms with Crippen molar-refractivity contribution in [2.24, 2.45) is 0 Å². The zero-order chi connectivity index (χ0) is 44.4. The number of rotatable bonds is 4. The van der Waals surface area contributed by atoms with Crippen molar-refractivity contribution in [2.75, 3.05) is 0 Å². The average Bonchev–Trinajstić information content (AvgIpc) is 3.61. The Labute approximate surface area is 385 Å². The van der Waals surface area contributed by atoms with Gasteiger partial charge in [-0.3, -0.25) is 19.9 Å². The molecule has 0 saturated heterocycles. The van der Waals surface area contributed by atoms with Gasteiger partial charge in [0.05, 0.1) is 44.8 Å². The van der Waals surface area contributed by atoms with Gasteiger partial charge in [-0.25, -0.2) is 9.97 Å². The van der Waals surface area contributed by atoms with E-state index in [2.05, 4.69) is 169 Å². The Balaban J connectivity index is 0.826. The molecular weight excluding hydrogens is 817 g/mol. The maximum Gasteiger partial charge on any atom is 0.0972 e. The summed E-state index contributed by atoms with van der Waals surface area (Å²) < 4.78 is 0. The van der Waals surface area contributed by atoms with Crippen LogP contribution in [-0.4, -0.2) is 29.9 Å². The van der Waals surface area contributed by atoms with Crippen molar-refractivity contribution >= 4 is 75.9 Å². The molecule has 6 aromatic heterocycles. The lowest BCUT2D eigenvalue weighted by molar-refractivity contribution is 0.661. The highest BCUT2D eigenvalue weighted by molar-refractivity contribution is 6.26. The Kier molecular flexibility index (Phi) is 7.93. The van der Waals surface area contributed by atoms with Crippen molar-refractivity contribution < 1.29 is 0 Å². The van der Waals surface area contributed by atoms with E-state index >= 15 is 0 Å². The fourth-order valence-corrected chi connectivity index (χ4v) is 10.7. The third-order valence-electron chi connectivity index (χ3n) is 14.2. The van der Waals surface area contributed by atoms with Gasteiger partial charge in [-0.2, -0.15) is 0 Å². The van der Waals surface area contributed by atoms with Crippen LogP contribution in [0.1, 0.15) is 25.0 Å². The molecule has 0 spiro atoms. The molecule has 0 aliphatic heterocycles. The molecule has 1 aliphatic carbocycles. The van der Waals surface area contributed by atoms with Gasteiger partial charge in [-0.05, 0) is 126 Å². The van der Waals surface area contributed by atoms with Crippen molar-refractivity contribution in [3.8, 4) is 56.2 Å². The van der Waals surface area contributed by atoms with Crippen molar-refractivity contribution in [1.82, 2.24) is 29.9 Å². The van der Waals surface area contributed by atoms with Crippen molar-refractivity contribution in [3.05, 3.63) is 206 Å². The molecule has 67 heavy (non-hydrogen) atoms. The predicted molar refractivity (Wildman–Crippen MR) is 275 cm³/mol. The summed E-state index contributed by atoms with van der Waals surface area (Å²) in [5, 5.41) is 11.8.